The lowest BCUT2D eigenvalue weighted by Gasteiger charge is -2.27. The first-order chi connectivity index (χ1) is 13.0. The van der Waals surface area contributed by atoms with Crippen LogP contribution in [-0.4, -0.2) is 65.3 Å². The smallest absolute Gasteiger partial charge is 0.240 e. The molecule has 2 heterocycles. The molecule has 0 aromatic heterocycles. The topological polar surface area (TPSA) is 43.9 Å². The van der Waals surface area contributed by atoms with Crippen LogP contribution in [0.25, 0.3) is 0 Å². The molecule has 27 heavy (non-hydrogen) atoms. The monoisotopic (exact) mass is 371 g/mol. The van der Waals surface area contributed by atoms with Crippen molar-refractivity contribution in [3.8, 4) is 0 Å². The number of carbonyl (C=O) groups is 2. The molecule has 1 atom stereocenters. The van der Waals surface area contributed by atoms with E-state index in [9.17, 15) is 9.59 Å². The Balaban J connectivity index is 1.52. The predicted octanol–water partition coefficient (Wildman–Crippen LogP) is 2.76. The largest absolute Gasteiger partial charge is 0.341 e. The van der Waals surface area contributed by atoms with Gasteiger partial charge in [-0.05, 0) is 30.7 Å². The third kappa shape index (κ3) is 5.32. The van der Waals surface area contributed by atoms with Gasteiger partial charge in [0, 0.05) is 45.7 Å². The van der Waals surface area contributed by atoms with E-state index in [4.69, 9.17) is 0 Å². The van der Waals surface area contributed by atoms with E-state index in [0.717, 1.165) is 52.0 Å². The van der Waals surface area contributed by atoms with Gasteiger partial charge in [0.1, 0.15) is 0 Å². The highest BCUT2D eigenvalue weighted by Crippen LogP contribution is 2.21. The molecule has 0 bridgehead atoms. The van der Waals surface area contributed by atoms with Crippen LogP contribution in [0.15, 0.2) is 30.3 Å². The second-order valence-corrected chi connectivity index (χ2v) is 8.25. The summed E-state index contributed by atoms with van der Waals surface area (Å²) < 4.78 is 0. The zero-order chi connectivity index (χ0) is 19.2. The van der Waals surface area contributed by atoms with Crippen LogP contribution in [0, 0.1) is 5.92 Å². The predicted molar refractivity (Wildman–Crippen MR) is 107 cm³/mol. The Morgan fingerprint density at radius 3 is 2.59 bits per heavy atom. The quantitative estimate of drug-likeness (QED) is 0.772. The Labute approximate surface area is 163 Å². The summed E-state index contributed by atoms with van der Waals surface area (Å²) in [5.74, 6) is 1.08. The maximum absolute atomic E-state index is 12.9. The van der Waals surface area contributed by atoms with Crippen LogP contribution in [0.1, 0.15) is 45.1 Å². The van der Waals surface area contributed by atoms with Gasteiger partial charge in [-0.25, -0.2) is 0 Å². The van der Waals surface area contributed by atoms with E-state index in [1.807, 2.05) is 28.0 Å². The molecular formula is C22H33N3O2. The van der Waals surface area contributed by atoms with Gasteiger partial charge in [-0.3, -0.25) is 14.5 Å². The first-order valence-electron chi connectivity index (χ1n) is 10.4. The van der Waals surface area contributed by atoms with E-state index < -0.39 is 0 Å². The molecule has 1 unspecified atom stereocenters. The molecule has 0 radical (unpaired) electrons. The molecule has 0 aliphatic carbocycles. The van der Waals surface area contributed by atoms with E-state index in [-0.39, 0.29) is 17.9 Å². The number of likely N-dealkylation sites (tertiary alicyclic amines) is 1. The minimum Gasteiger partial charge on any atom is -0.341 e. The molecule has 0 saturated carbocycles. The van der Waals surface area contributed by atoms with Gasteiger partial charge in [-0.1, -0.05) is 44.2 Å². The lowest BCUT2D eigenvalue weighted by atomic mass is 10.1. The van der Waals surface area contributed by atoms with Crippen molar-refractivity contribution in [1.82, 2.24) is 14.7 Å². The Morgan fingerprint density at radius 1 is 1.07 bits per heavy atom. The molecule has 2 amide bonds. The summed E-state index contributed by atoms with van der Waals surface area (Å²) in [6.45, 7) is 9.12. The van der Waals surface area contributed by atoms with Crippen LogP contribution in [0.2, 0.25) is 0 Å². The number of hydrogen-bond acceptors (Lipinski definition) is 3. The standard InChI is InChI=1S/C22H33N3O2/c1-18(2)9-10-21(26)24-13-6-12-23(15-16-24)20-11-14-25(22(20)27)17-19-7-4-3-5-8-19/h3-5,7-8,18,20H,6,9-17H2,1-2H3. The maximum atomic E-state index is 12.9. The molecule has 5 heteroatoms. The molecule has 2 fully saturated rings. The summed E-state index contributed by atoms with van der Waals surface area (Å²) in [4.78, 5) is 31.6. The minimum atomic E-state index is -0.0144. The molecule has 3 rings (SSSR count). The van der Waals surface area contributed by atoms with Gasteiger partial charge in [0.25, 0.3) is 0 Å². The molecule has 1 aromatic carbocycles. The summed E-state index contributed by atoms with van der Waals surface area (Å²) in [5.41, 5.74) is 1.18. The molecule has 2 saturated heterocycles. The van der Waals surface area contributed by atoms with Crippen LogP contribution in [-0.2, 0) is 16.1 Å². The van der Waals surface area contributed by atoms with Crippen LogP contribution in [0.3, 0.4) is 0 Å². The van der Waals surface area contributed by atoms with E-state index in [2.05, 4.69) is 30.9 Å². The summed E-state index contributed by atoms with van der Waals surface area (Å²) in [5, 5.41) is 0. The molecule has 0 spiro atoms. The van der Waals surface area contributed by atoms with E-state index in [1.54, 1.807) is 0 Å². The SMILES string of the molecule is CC(C)CCC(=O)N1CCCN(C2CCN(Cc3ccccc3)C2=O)CC1. The van der Waals surface area contributed by atoms with Crippen molar-refractivity contribution in [2.24, 2.45) is 5.92 Å². The Kier molecular flexibility index (Phi) is 6.89. The first kappa shape index (κ1) is 19.9. The number of rotatable bonds is 6. The van der Waals surface area contributed by atoms with Crippen molar-refractivity contribution in [2.45, 2.75) is 52.1 Å². The maximum Gasteiger partial charge on any atom is 0.240 e. The van der Waals surface area contributed by atoms with Crippen LogP contribution < -0.4 is 0 Å². The van der Waals surface area contributed by atoms with Gasteiger partial charge in [0.2, 0.25) is 11.8 Å². The van der Waals surface area contributed by atoms with Gasteiger partial charge in [-0.15, -0.1) is 0 Å². The van der Waals surface area contributed by atoms with Crippen molar-refractivity contribution in [3.05, 3.63) is 35.9 Å². The Morgan fingerprint density at radius 2 is 1.85 bits per heavy atom. The zero-order valence-corrected chi connectivity index (χ0v) is 16.8. The van der Waals surface area contributed by atoms with Crippen molar-refractivity contribution < 1.29 is 9.59 Å². The minimum absolute atomic E-state index is 0.0144. The summed E-state index contributed by atoms with van der Waals surface area (Å²) in [7, 11) is 0. The highest BCUT2D eigenvalue weighted by Gasteiger charge is 2.36. The van der Waals surface area contributed by atoms with Crippen LogP contribution in [0.4, 0.5) is 0 Å². The third-order valence-corrected chi connectivity index (χ3v) is 5.74. The number of carbonyl (C=O) groups excluding carboxylic acids is 2. The van der Waals surface area contributed by atoms with Gasteiger partial charge >= 0.3 is 0 Å². The van der Waals surface area contributed by atoms with Gasteiger partial charge in [-0.2, -0.15) is 0 Å². The van der Waals surface area contributed by atoms with E-state index in [0.29, 0.717) is 18.9 Å². The molecule has 2 aliphatic rings. The summed E-state index contributed by atoms with van der Waals surface area (Å²) in [6, 6.07) is 10.2. The molecule has 2 aliphatic heterocycles. The zero-order valence-electron chi connectivity index (χ0n) is 16.8. The Hall–Kier alpha value is -1.88. The lowest BCUT2D eigenvalue weighted by molar-refractivity contribution is -0.132. The number of benzene rings is 1. The molecule has 5 nitrogen and oxygen atoms in total. The van der Waals surface area contributed by atoms with Crippen LogP contribution >= 0.6 is 0 Å². The number of hydrogen-bond donors (Lipinski definition) is 0. The van der Waals surface area contributed by atoms with Gasteiger partial charge < -0.3 is 9.80 Å². The highest BCUT2D eigenvalue weighted by atomic mass is 16.2. The number of nitrogens with zero attached hydrogens (tertiary/aromatic N) is 3. The molecule has 1 aromatic rings. The molecule has 148 valence electrons. The van der Waals surface area contributed by atoms with Gasteiger partial charge in [0.15, 0.2) is 0 Å². The van der Waals surface area contributed by atoms with Crippen molar-refractivity contribution in [1.29, 1.82) is 0 Å². The summed E-state index contributed by atoms with van der Waals surface area (Å²) in [6.07, 6.45) is 3.45. The average molecular weight is 372 g/mol. The van der Waals surface area contributed by atoms with E-state index in [1.165, 1.54) is 5.56 Å². The van der Waals surface area contributed by atoms with Crippen molar-refractivity contribution in [3.63, 3.8) is 0 Å². The Bertz CT molecular complexity index is 632. The summed E-state index contributed by atoms with van der Waals surface area (Å²) >= 11 is 0. The van der Waals surface area contributed by atoms with Crippen molar-refractivity contribution >= 4 is 11.8 Å². The lowest BCUT2D eigenvalue weighted by Crippen LogP contribution is -2.44. The fourth-order valence-corrected chi connectivity index (χ4v) is 4.09. The molecular weight excluding hydrogens is 338 g/mol. The van der Waals surface area contributed by atoms with Crippen molar-refractivity contribution in [2.75, 3.05) is 32.7 Å². The third-order valence-electron chi connectivity index (χ3n) is 5.74. The first-order valence-corrected chi connectivity index (χ1v) is 10.4. The van der Waals surface area contributed by atoms with Gasteiger partial charge in [0.05, 0.1) is 6.04 Å². The molecule has 0 N–H and O–H groups in total. The number of amides is 2. The average Bonchev–Trinajstić information content (AvgIpc) is 2.87. The second kappa shape index (κ2) is 9.36. The highest BCUT2D eigenvalue weighted by molar-refractivity contribution is 5.84. The fourth-order valence-electron chi connectivity index (χ4n) is 4.09. The normalized spacial score (nSPS) is 21.7. The van der Waals surface area contributed by atoms with E-state index >= 15 is 0 Å². The fraction of sp³-hybridized carbons (Fsp3) is 0.636. The second-order valence-electron chi connectivity index (χ2n) is 8.25. The van der Waals surface area contributed by atoms with Crippen LogP contribution in [0.5, 0.6) is 0 Å².